The molecule has 0 radical (unpaired) electrons. The van der Waals surface area contributed by atoms with E-state index in [-0.39, 0.29) is 11.7 Å². The molecule has 0 aliphatic rings. The van der Waals surface area contributed by atoms with Crippen molar-refractivity contribution < 1.29 is 9.59 Å². The molecule has 1 heterocycles. The fraction of sp³-hybridized carbons (Fsp3) is 0.150. The van der Waals surface area contributed by atoms with E-state index in [2.05, 4.69) is 10.3 Å². The summed E-state index contributed by atoms with van der Waals surface area (Å²) < 4.78 is 1.68. The number of aryl methyl sites for hydroxylation is 1. The molecule has 1 aromatic heterocycles. The topological polar surface area (TPSA) is 67.2 Å². The van der Waals surface area contributed by atoms with Crippen molar-refractivity contribution in [2.75, 3.05) is 24.3 Å². The van der Waals surface area contributed by atoms with E-state index in [1.165, 1.54) is 0 Å². The Morgan fingerprint density at radius 3 is 2.38 bits per heavy atom. The van der Waals surface area contributed by atoms with E-state index >= 15 is 0 Å². The third-order valence-corrected chi connectivity index (χ3v) is 4.05. The normalized spacial score (nSPS) is 10.4. The molecule has 0 aliphatic carbocycles. The fourth-order valence-electron chi connectivity index (χ4n) is 2.55. The first-order chi connectivity index (χ1) is 12.5. The molecule has 3 rings (SSSR count). The molecule has 132 valence electrons. The number of aromatic nitrogens is 2. The number of nitrogens with zero attached hydrogens (tertiary/aromatic N) is 3. The Balaban J connectivity index is 1.73. The van der Waals surface area contributed by atoms with Crippen molar-refractivity contribution >= 4 is 23.1 Å². The number of nitrogens with one attached hydrogen (secondary N) is 1. The zero-order valence-electron chi connectivity index (χ0n) is 14.9. The molecule has 0 saturated carbocycles. The van der Waals surface area contributed by atoms with Gasteiger partial charge in [-0.25, -0.2) is 4.98 Å². The molecule has 1 amide bonds. The summed E-state index contributed by atoms with van der Waals surface area (Å²) in [5.41, 5.74) is 2.67. The SMILES string of the molecule is CN(C)c1cccc(C(=O)Nc2ccc(C(=O)c3nccn3C)cc2)c1. The lowest BCUT2D eigenvalue weighted by molar-refractivity contribution is 0.102. The number of amides is 1. The lowest BCUT2D eigenvalue weighted by atomic mass is 10.1. The predicted molar refractivity (Wildman–Crippen MR) is 102 cm³/mol. The van der Waals surface area contributed by atoms with E-state index in [0.717, 1.165) is 5.69 Å². The van der Waals surface area contributed by atoms with Crippen molar-refractivity contribution in [2.24, 2.45) is 7.05 Å². The van der Waals surface area contributed by atoms with Crippen LogP contribution in [0.3, 0.4) is 0 Å². The van der Waals surface area contributed by atoms with Gasteiger partial charge in [0, 0.05) is 56.0 Å². The monoisotopic (exact) mass is 348 g/mol. The van der Waals surface area contributed by atoms with Crippen LogP contribution in [-0.4, -0.2) is 35.3 Å². The van der Waals surface area contributed by atoms with Crippen LogP contribution in [0.25, 0.3) is 0 Å². The third-order valence-electron chi connectivity index (χ3n) is 4.05. The van der Waals surface area contributed by atoms with Crippen LogP contribution in [0.1, 0.15) is 26.5 Å². The molecule has 6 heteroatoms. The number of benzene rings is 2. The van der Waals surface area contributed by atoms with Gasteiger partial charge in [-0.1, -0.05) is 6.07 Å². The minimum atomic E-state index is -0.197. The molecule has 0 saturated heterocycles. The summed E-state index contributed by atoms with van der Waals surface area (Å²) in [6, 6.07) is 14.2. The van der Waals surface area contributed by atoms with Crippen molar-refractivity contribution in [2.45, 2.75) is 0 Å². The standard InChI is InChI=1S/C20H20N4O2/c1-23(2)17-6-4-5-15(13-17)20(26)22-16-9-7-14(8-10-16)18(25)19-21-11-12-24(19)3/h4-13H,1-3H3,(H,22,26). The highest BCUT2D eigenvalue weighted by molar-refractivity contribution is 6.08. The highest BCUT2D eigenvalue weighted by atomic mass is 16.1. The quantitative estimate of drug-likeness (QED) is 0.720. The van der Waals surface area contributed by atoms with Crippen molar-refractivity contribution in [1.82, 2.24) is 9.55 Å². The maximum Gasteiger partial charge on any atom is 0.255 e. The Morgan fingerprint density at radius 1 is 1.04 bits per heavy atom. The third kappa shape index (κ3) is 3.64. The Hall–Kier alpha value is -3.41. The lowest BCUT2D eigenvalue weighted by Gasteiger charge is -2.13. The van der Waals surface area contributed by atoms with Crippen LogP contribution in [-0.2, 0) is 7.05 Å². The van der Waals surface area contributed by atoms with Gasteiger partial charge in [-0.3, -0.25) is 9.59 Å². The van der Waals surface area contributed by atoms with Gasteiger partial charge in [-0.05, 0) is 42.5 Å². The van der Waals surface area contributed by atoms with Gasteiger partial charge >= 0.3 is 0 Å². The molecular formula is C20H20N4O2. The fourth-order valence-corrected chi connectivity index (χ4v) is 2.55. The molecular weight excluding hydrogens is 328 g/mol. The lowest BCUT2D eigenvalue weighted by Crippen LogP contribution is -2.14. The summed E-state index contributed by atoms with van der Waals surface area (Å²) >= 11 is 0. The highest BCUT2D eigenvalue weighted by Gasteiger charge is 2.14. The molecule has 0 fully saturated rings. The van der Waals surface area contributed by atoms with Crippen molar-refractivity contribution in [3.63, 3.8) is 0 Å². The van der Waals surface area contributed by atoms with Gasteiger partial charge in [-0.2, -0.15) is 0 Å². The van der Waals surface area contributed by atoms with E-state index in [1.807, 2.05) is 37.2 Å². The second kappa shape index (κ2) is 7.23. The van der Waals surface area contributed by atoms with Crippen molar-refractivity contribution in [1.29, 1.82) is 0 Å². The number of hydrogen-bond donors (Lipinski definition) is 1. The van der Waals surface area contributed by atoms with Gasteiger partial charge in [0.2, 0.25) is 5.78 Å². The number of carbonyl (C=O) groups excluding carboxylic acids is 2. The van der Waals surface area contributed by atoms with Gasteiger partial charge in [-0.15, -0.1) is 0 Å². The maximum atomic E-state index is 12.4. The molecule has 1 N–H and O–H groups in total. The summed E-state index contributed by atoms with van der Waals surface area (Å²) in [6.45, 7) is 0. The van der Waals surface area contributed by atoms with E-state index in [0.29, 0.717) is 22.6 Å². The number of hydrogen-bond acceptors (Lipinski definition) is 4. The average molecular weight is 348 g/mol. The molecule has 0 atom stereocenters. The van der Waals surface area contributed by atoms with E-state index in [4.69, 9.17) is 0 Å². The molecule has 6 nitrogen and oxygen atoms in total. The predicted octanol–water partition coefficient (Wildman–Crippen LogP) is 2.97. The second-order valence-electron chi connectivity index (χ2n) is 6.17. The maximum absolute atomic E-state index is 12.4. The van der Waals surface area contributed by atoms with Crippen LogP contribution >= 0.6 is 0 Å². The van der Waals surface area contributed by atoms with E-state index < -0.39 is 0 Å². The number of rotatable bonds is 5. The molecule has 2 aromatic carbocycles. The summed E-state index contributed by atoms with van der Waals surface area (Å²) in [5, 5.41) is 2.85. The van der Waals surface area contributed by atoms with Gasteiger partial charge in [0.1, 0.15) is 0 Å². The van der Waals surface area contributed by atoms with Crippen LogP contribution in [0.5, 0.6) is 0 Å². The molecule has 0 bridgehead atoms. The summed E-state index contributed by atoms with van der Waals surface area (Å²) in [6.07, 6.45) is 3.31. The minimum absolute atomic E-state index is 0.158. The van der Waals surface area contributed by atoms with Crippen molar-refractivity contribution in [3.05, 3.63) is 77.9 Å². The Kier molecular flexibility index (Phi) is 4.84. The first-order valence-corrected chi connectivity index (χ1v) is 8.16. The molecule has 0 aliphatic heterocycles. The zero-order chi connectivity index (χ0) is 18.7. The Labute approximate surface area is 152 Å². The number of anilines is 2. The molecule has 0 spiro atoms. The van der Waals surface area contributed by atoms with Gasteiger partial charge in [0.25, 0.3) is 5.91 Å². The number of ketones is 1. The molecule has 0 unspecified atom stereocenters. The first-order valence-electron chi connectivity index (χ1n) is 8.16. The van der Waals surface area contributed by atoms with E-state index in [1.54, 1.807) is 54.3 Å². The van der Waals surface area contributed by atoms with Gasteiger partial charge in [0.15, 0.2) is 5.82 Å². The summed E-state index contributed by atoms with van der Waals surface area (Å²) in [4.78, 5) is 30.8. The second-order valence-corrected chi connectivity index (χ2v) is 6.17. The molecule has 3 aromatic rings. The summed E-state index contributed by atoms with van der Waals surface area (Å²) in [5.74, 6) is 0.0215. The minimum Gasteiger partial charge on any atom is -0.378 e. The zero-order valence-corrected chi connectivity index (χ0v) is 14.9. The summed E-state index contributed by atoms with van der Waals surface area (Å²) in [7, 11) is 5.62. The number of carbonyl (C=O) groups is 2. The van der Waals surface area contributed by atoms with Gasteiger partial charge < -0.3 is 14.8 Å². The highest BCUT2D eigenvalue weighted by Crippen LogP contribution is 2.17. The van der Waals surface area contributed by atoms with Crippen molar-refractivity contribution in [3.8, 4) is 0 Å². The van der Waals surface area contributed by atoms with Crippen LogP contribution in [0.2, 0.25) is 0 Å². The Bertz CT molecular complexity index is 942. The van der Waals surface area contributed by atoms with Crippen LogP contribution in [0.15, 0.2) is 60.9 Å². The van der Waals surface area contributed by atoms with Crippen LogP contribution in [0.4, 0.5) is 11.4 Å². The van der Waals surface area contributed by atoms with Crippen LogP contribution < -0.4 is 10.2 Å². The largest absolute Gasteiger partial charge is 0.378 e. The smallest absolute Gasteiger partial charge is 0.255 e. The average Bonchev–Trinajstić information content (AvgIpc) is 3.07. The molecule has 26 heavy (non-hydrogen) atoms. The number of imidazole rings is 1. The Morgan fingerprint density at radius 2 is 1.77 bits per heavy atom. The first kappa shape index (κ1) is 17.4. The van der Waals surface area contributed by atoms with Crippen LogP contribution in [0, 0.1) is 0 Å². The van der Waals surface area contributed by atoms with Gasteiger partial charge in [0.05, 0.1) is 0 Å². The van der Waals surface area contributed by atoms with E-state index in [9.17, 15) is 9.59 Å².